The molecule has 2 heterocycles. The number of carbonyl (C=O) groups excluding carboxylic acids is 1. The van der Waals surface area contributed by atoms with Crippen LogP contribution >= 0.6 is 15.9 Å². The van der Waals surface area contributed by atoms with E-state index in [0.29, 0.717) is 24.0 Å². The van der Waals surface area contributed by atoms with Crippen LogP contribution in [0.4, 0.5) is 4.79 Å². The molecule has 8 heteroatoms. The van der Waals surface area contributed by atoms with Gasteiger partial charge in [0, 0.05) is 18.8 Å². The Kier molecular flexibility index (Phi) is 5.05. The maximum absolute atomic E-state index is 11.6. The number of oxazole rings is 1. The van der Waals surface area contributed by atoms with Gasteiger partial charge in [0.2, 0.25) is 0 Å². The van der Waals surface area contributed by atoms with E-state index in [1.165, 1.54) is 6.26 Å². The van der Waals surface area contributed by atoms with Gasteiger partial charge in [-0.2, -0.15) is 0 Å². The van der Waals surface area contributed by atoms with Gasteiger partial charge < -0.3 is 15.1 Å². The summed E-state index contributed by atoms with van der Waals surface area (Å²) in [7, 11) is 0. The lowest BCUT2D eigenvalue weighted by Crippen LogP contribution is -2.35. The van der Waals surface area contributed by atoms with Crippen molar-refractivity contribution in [3.8, 4) is 0 Å². The van der Waals surface area contributed by atoms with Gasteiger partial charge in [-0.05, 0) is 15.9 Å². The summed E-state index contributed by atoms with van der Waals surface area (Å²) < 4.78 is 5.97. The minimum absolute atomic E-state index is 0.262. The SMILES string of the molecule is CCc1nc(CNC(=O)NCc2ncc(Br)cn2)co1. The monoisotopic (exact) mass is 339 g/mol. The zero-order chi connectivity index (χ0) is 14.4. The van der Waals surface area contributed by atoms with Crippen LogP contribution < -0.4 is 10.6 Å². The van der Waals surface area contributed by atoms with Crippen molar-refractivity contribution >= 4 is 22.0 Å². The highest BCUT2D eigenvalue weighted by molar-refractivity contribution is 9.10. The average Bonchev–Trinajstić information content (AvgIpc) is 2.92. The summed E-state index contributed by atoms with van der Waals surface area (Å²) in [5, 5.41) is 5.34. The molecule has 0 unspecified atom stereocenters. The van der Waals surface area contributed by atoms with E-state index in [4.69, 9.17) is 4.42 Å². The van der Waals surface area contributed by atoms with Crippen molar-refractivity contribution in [1.82, 2.24) is 25.6 Å². The molecule has 2 N–H and O–H groups in total. The Bertz CT molecular complexity index is 569. The highest BCUT2D eigenvalue weighted by Crippen LogP contribution is 2.04. The smallest absolute Gasteiger partial charge is 0.315 e. The van der Waals surface area contributed by atoms with Crippen molar-refractivity contribution in [2.24, 2.45) is 0 Å². The van der Waals surface area contributed by atoms with Crippen molar-refractivity contribution in [2.75, 3.05) is 0 Å². The lowest BCUT2D eigenvalue weighted by Gasteiger charge is -2.05. The second-order valence-corrected chi connectivity index (χ2v) is 4.86. The third-order valence-electron chi connectivity index (χ3n) is 2.41. The van der Waals surface area contributed by atoms with Crippen LogP contribution in [-0.4, -0.2) is 21.0 Å². The molecule has 0 atom stereocenters. The maximum atomic E-state index is 11.6. The Morgan fingerprint density at radius 3 is 2.65 bits per heavy atom. The molecule has 2 aromatic heterocycles. The second-order valence-electron chi connectivity index (χ2n) is 3.94. The quantitative estimate of drug-likeness (QED) is 0.866. The van der Waals surface area contributed by atoms with Gasteiger partial charge in [0.05, 0.1) is 23.3 Å². The van der Waals surface area contributed by atoms with Crippen LogP contribution in [0.25, 0.3) is 0 Å². The fourth-order valence-corrected chi connectivity index (χ4v) is 1.62. The first-order chi connectivity index (χ1) is 9.67. The van der Waals surface area contributed by atoms with Crippen LogP contribution in [0.2, 0.25) is 0 Å². The van der Waals surface area contributed by atoms with Crippen molar-refractivity contribution in [3.05, 3.63) is 40.5 Å². The van der Waals surface area contributed by atoms with Gasteiger partial charge in [-0.3, -0.25) is 0 Å². The van der Waals surface area contributed by atoms with Crippen LogP contribution in [0.3, 0.4) is 0 Å². The van der Waals surface area contributed by atoms with Crippen LogP contribution in [-0.2, 0) is 19.5 Å². The largest absolute Gasteiger partial charge is 0.449 e. The van der Waals surface area contributed by atoms with E-state index in [1.807, 2.05) is 6.92 Å². The first kappa shape index (κ1) is 14.4. The molecule has 0 bridgehead atoms. The van der Waals surface area contributed by atoms with E-state index < -0.39 is 0 Å². The number of rotatable bonds is 5. The normalized spacial score (nSPS) is 10.3. The molecular formula is C12H14BrN5O2. The molecule has 2 rings (SSSR count). The zero-order valence-corrected chi connectivity index (χ0v) is 12.5. The van der Waals surface area contributed by atoms with E-state index in [-0.39, 0.29) is 12.6 Å². The minimum Gasteiger partial charge on any atom is -0.449 e. The molecule has 0 aliphatic heterocycles. The first-order valence-corrected chi connectivity index (χ1v) is 6.88. The summed E-state index contributed by atoms with van der Waals surface area (Å²) in [6, 6.07) is -0.308. The Morgan fingerprint density at radius 2 is 2.00 bits per heavy atom. The summed E-state index contributed by atoms with van der Waals surface area (Å²) in [6.07, 6.45) is 5.53. The van der Waals surface area contributed by atoms with Gasteiger partial charge >= 0.3 is 6.03 Å². The van der Waals surface area contributed by atoms with Crippen LogP contribution in [0.15, 0.2) is 27.5 Å². The van der Waals surface area contributed by atoms with Crippen LogP contribution in [0, 0.1) is 0 Å². The van der Waals surface area contributed by atoms with E-state index in [0.717, 1.165) is 10.9 Å². The molecule has 0 fully saturated rings. The Labute approximate surface area is 124 Å². The summed E-state index contributed by atoms with van der Waals surface area (Å²) in [6.45, 7) is 2.53. The summed E-state index contributed by atoms with van der Waals surface area (Å²) in [4.78, 5) is 23.9. The number of hydrogen-bond donors (Lipinski definition) is 2. The first-order valence-electron chi connectivity index (χ1n) is 6.08. The second kappa shape index (κ2) is 6.99. The van der Waals surface area contributed by atoms with E-state index in [1.54, 1.807) is 12.4 Å². The Morgan fingerprint density at radius 1 is 1.30 bits per heavy atom. The number of carbonyl (C=O) groups is 1. The molecule has 0 saturated heterocycles. The molecule has 106 valence electrons. The Hall–Kier alpha value is -1.96. The summed E-state index contributed by atoms with van der Waals surface area (Å²) >= 11 is 3.24. The number of amides is 2. The van der Waals surface area contributed by atoms with Crippen LogP contribution in [0.1, 0.15) is 24.3 Å². The summed E-state index contributed by atoms with van der Waals surface area (Å²) in [5.74, 6) is 1.20. The number of nitrogens with one attached hydrogen (secondary N) is 2. The molecule has 7 nitrogen and oxygen atoms in total. The van der Waals surface area contributed by atoms with E-state index >= 15 is 0 Å². The minimum atomic E-state index is -0.308. The molecule has 2 aromatic rings. The molecule has 20 heavy (non-hydrogen) atoms. The van der Waals surface area contributed by atoms with Crippen molar-refractivity contribution in [1.29, 1.82) is 0 Å². The summed E-state index contributed by atoms with van der Waals surface area (Å²) in [5.41, 5.74) is 0.692. The standard InChI is InChI=1S/C12H14BrN5O2/c1-2-11-18-9(7-20-11)5-16-12(19)17-6-10-14-3-8(13)4-15-10/h3-4,7H,2,5-6H2,1H3,(H2,16,17,19). The fraction of sp³-hybridized carbons (Fsp3) is 0.333. The highest BCUT2D eigenvalue weighted by atomic mass is 79.9. The van der Waals surface area contributed by atoms with Crippen molar-refractivity contribution < 1.29 is 9.21 Å². The lowest BCUT2D eigenvalue weighted by molar-refractivity contribution is 0.239. The molecule has 0 saturated carbocycles. The lowest BCUT2D eigenvalue weighted by atomic mass is 10.4. The van der Waals surface area contributed by atoms with Crippen molar-refractivity contribution in [3.63, 3.8) is 0 Å². The van der Waals surface area contributed by atoms with Gasteiger partial charge in [0.1, 0.15) is 12.1 Å². The van der Waals surface area contributed by atoms with Crippen LogP contribution in [0.5, 0.6) is 0 Å². The fourth-order valence-electron chi connectivity index (χ4n) is 1.42. The number of halogens is 1. The number of nitrogens with zero attached hydrogens (tertiary/aromatic N) is 3. The van der Waals surface area contributed by atoms with Crippen molar-refractivity contribution in [2.45, 2.75) is 26.4 Å². The molecule has 2 amide bonds. The molecule has 0 spiro atoms. The third kappa shape index (κ3) is 4.30. The molecule has 0 aliphatic rings. The molecule has 0 radical (unpaired) electrons. The molecule has 0 aliphatic carbocycles. The predicted octanol–water partition coefficient (Wildman–Crippen LogP) is 1.79. The maximum Gasteiger partial charge on any atom is 0.315 e. The van der Waals surface area contributed by atoms with Gasteiger partial charge in [-0.25, -0.2) is 19.7 Å². The molecular weight excluding hydrogens is 326 g/mol. The number of hydrogen-bond acceptors (Lipinski definition) is 5. The van der Waals surface area contributed by atoms with Gasteiger partial charge in [-0.15, -0.1) is 0 Å². The molecule has 0 aromatic carbocycles. The Balaban J connectivity index is 1.74. The average molecular weight is 340 g/mol. The number of urea groups is 1. The van der Waals surface area contributed by atoms with E-state index in [9.17, 15) is 4.79 Å². The third-order valence-corrected chi connectivity index (χ3v) is 2.82. The zero-order valence-electron chi connectivity index (χ0n) is 10.9. The van der Waals surface area contributed by atoms with Gasteiger partial charge in [0.15, 0.2) is 5.89 Å². The van der Waals surface area contributed by atoms with Gasteiger partial charge in [-0.1, -0.05) is 6.92 Å². The van der Waals surface area contributed by atoms with Gasteiger partial charge in [0.25, 0.3) is 0 Å². The number of aromatic nitrogens is 3. The number of aryl methyl sites for hydroxylation is 1. The predicted molar refractivity (Wildman–Crippen MR) is 74.7 cm³/mol. The topological polar surface area (TPSA) is 92.9 Å². The highest BCUT2D eigenvalue weighted by Gasteiger charge is 2.05. The van der Waals surface area contributed by atoms with E-state index in [2.05, 4.69) is 41.5 Å².